The summed E-state index contributed by atoms with van der Waals surface area (Å²) in [5.41, 5.74) is 3.00. The number of aryl methyl sites for hydroxylation is 3. The highest BCUT2D eigenvalue weighted by atomic mass is 35.5. The van der Waals surface area contributed by atoms with Crippen LogP contribution in [0.5, 0.6) is 0 Å². The molecule has 0 N–H and O–H groups in total. The number of rotatable bonds is 4. The summed E-state index contributed by atoms with van der Waals surface area (Å²) in [5, 5.41) is 18.9. The van der Waals surface area contributed by atoms with Crippen LogP contribution >= 0.6 is 23.2 Å². The molecular formula is C20H17Cl2N5O. The predicted molar refractivity (Wildman–Crippen MR) is 110 cm³/mol. The Balaban J connectivity index is 1.99. The number of aromatic nitrogens is 3. The van der Waals surface area contributed by atoms with Crippen LogP contribution in [0.1, 0.15) is 33.6 Å². The third-order valence-electron chi connectivity index (χ3n) is 4.36. The van der Waals surface area contributed by atoms with Crippen LogP contribution in [0.2, 0.25) is 10.2 Å². The normalized spacial score (nSPS) is 11.1. The van der Waals surface area contributed by atoms with Crippen LogP contribution in [0.4, 0.5) is 0 Å². The monoisotopic (exact) mass is 413 g/mol. The van der Waals surface area contributed by atoms with Crippen molar-refractivity contribution in [3.63, 3.8) is 0 Å². The molecule has 6 nitrogen and oxygen atoms in total. The van der Waals surface area contributed by atoms with E-state index in [4.69, 9.17) is 23.2 Å². The Hall–Kier alpha value is -2.88. The molecule has 0 amide bonds. The van der Waals surface area contributed by atoms with E-state index in [9.17, 15) is 10.1 Å². The van der Waals surface area contributed by atoms with Gasteiger partial charge in [0, 0.05) is 10.7 Å². The minimum atomic E-state index is -0.464. The van der Waals surface area contributed by atoms with Gasteiger partial charge in [0.1, 0.15) is 16.8 Å². The molecule has 0 saturated carbocycles. The molecule has 0 spiro atoms. The SMILES string of the molecule is Cc1cc(C)n(N=Cc2c(C)nn(Cc3ccccc3Cl)c2Cl)c(=O)c1C#N. The van der Waals surface area contributed by atoms with Crippen molar-refractivity contribution in [3.8, 4) is 6.07 Å². The van der Waals surface area contributed by atoms with Gasteiger partial charge in [0.15, 0.2) is 0 Å². The molecule has 142 valence electrons. The maximum absolute atomic E-state index is 12.5. The number of benzene rings is 1. The third kappa shape index (κ3) is 3.72. The molecular weight excluding hydrogens is 397 g/mol. The average Bonchev–Trinajstić information content (AvgIpc) is 2.90. The lowest BCUT2D eigenvalue weighted by atomic mass is 10.1. The Labute approximate surface area is 172 Å². The maximum Gasteiger partial charge on any atom is 0.289 e. The number of hydrogen-bond acceptors (Lipinski definition) is 4. The van der Waals surface area contributed by atoms with Gasteiger partial charge in [-0.25, -0.2) is 9.36 Å². The fourth-order valence-corrected chi connectivity index (χ4v) is 3.36. The average molecular weight is 414 g/mol. The van der Waals surface area contributed by atoms with Crippen LogP contribution in [-0.4, -0.2) is 20.7 Å². The first kappa shape index (κ1) is 19.9. The van der Waals surface area contributed by atoms with Gasteiger partial charge >= 0.3 is 0 Å². The smallest absolute Gasteiger partial charge is 0.266 e. The number of nitrogens with zero attached hydrogens (tertiary/aromatic N) is 5. The molecule has 0 fully saturated rings. The first-order valence-corrected chi connectivity index (χ1v) is 9.23. The molecule has 0 radical (unpaired) electrons. The zero-order chi connectivity index (χ0) is 20.4. The zero-order valence-electron chi connectivity index (χ0n) is 15.6. The van der Waals surface area contributed by atoms with Crippen LogP contribution < -0.4 is 5.56 Å². The van der Waals surface area contributed by atoms with Gasteiger partial charge in [0.25, 0.3) is 5.56 Å². The Morgan fingerprint density at radius 3 is 2.64 bits per heavy atom. The Morgan fingerprint density at radius 2 is 1.96 bits per heavy atom. The lowest BCUT2D eigenvalue weighted by Gasteiger charge is -2.06. The van der Waals surface area contributed by atoms with E-state index in [0.717, 1.165) is 5.56 Å². The second-order valence-corrected chi connectivity index (χ2v) is 7.12. The molecule has 2 heterocycles. The molecule has 0 unspecified atom stereocenters. The molecule has 1 aromatic carbocycles. The quantitative estimate of drug-likeness (QED) is 0.604. The summed E-state index contributed by atoms with van der Waals surface area (Å²) in [6.07, 6.45) is 1.48. The van der Waals surface area contributed by atoms with Crippen LogP contribution in [0.25, 0.3) is 0 Å². The topological polar surface area (TPSA) is 76.0 Å². The van der Waals surface area contributed by atoms with E-state index >= 15 is 0 Å². The van der Waals surface area contributed by atoms with Crippen LogP contribution in [0, 0.1) is 32.1 Å². The molecule has 0 aliphatic rings. The second-order valence-electron chi connectivity index (χ2n) is 6.36. The van der Waals surface area contributed by atoms with Crippen molar-refractivity contribution in [2.45, 2.75) is 27.3 Å². The van der Waals surface area contributed by atoms with Crippen molar-refractivity contribution in [1.82, 2.24) is 14.5 Å². The van der Waals surface area contributed by atoms with E-state index in [-0.39, 0.29) is 5.56 Å². The summed E-state index contributed by atoms with van der Waals surface area (Å²) in [7, 11) is 0. The molecule has 0 aliphatic carbocycles. The van der Waals surface area contributed by atoms with Crippen molar-refractivity contribution in [2.24, 2.45) is 5.10 Å². The molecule has 2 aromatic heterocycles. The molecule has 0 aliphatic heterocycles. The fraction of sp³-hybridized carbons (Fsp3) is 0.200. The maximum atomic E-state index is 12.5. The zero-order valence-corrected chi connectivity index (χ0v) is 17.1. The van der Waals surface area contributed by atoms with Crippen LogP contribution in [-0.2, 0) is 6.54 Å². The van der Waals surface area contributed by atoms with Crippen molar-refractivity contribution in [1.29, 1.82) is 5.26 Å². The van der Waals surface area contributed by atoms with Gasteiger partial charge in [-0.1, -0.05) is 41.4 Å². The Morgan fingerprint density at radius 1 is 1.25 bits per heavy atom. The molecule has 8 heteroatoms. The summed E-state index contributed by atoms with van der Waals surface area (Å²) in [6.45, 7) is 5.69. The standard InChI is InChI=1S/C20H17Cl2N5O/c1-12-8-13(2)27(20(28)16(12)9-23)24-10-17-14(3)25-26(19(17)22)11-15-6-4-5-7-18(15)21/h4-8,10H,11H2,1-3H3. The fourth-order valence-electron chi connectivity index (χ4n) is 2.88. The molecule has 0 atom stereocenters. The van der Waals surface area contributed by atoms with Crippen molar-refractivity contribution < 1.29 is 0 Å². The van der Waals surface area contributed by atoms with Gasteiger partial charge in [-0.15, -0.1) is 0 Å². The highest BCUT2D eigenvalue weighted by Crippen LogP contribution is 2.22. The van der Waals surface area contributed by atoms with Crippen LogP contribution in [0.15, 0.2) is 40.2 Å². The Bertz CT molecular complexity index is 1180. The third-order valence-corrected chi connectivity index (χ3v) is 5.13. The van der Waals surface area contributed by atoms with Gasteiger partial charge in [-0.05, 0) is 44.0 Å². The van der Waals surface area contributed by atoms with E-state index in [1.54, 1.807) is 24.6 Å². The van der Waals surface area contributed by atoms with Crippen molar-refractivity contribution in [3.05, 3.63) is 84.5 Å². The second kappa shape index (κ2) is 8.01. The highest BCUT2D eigenvalue weighted by molar-refractivity contribution is 6.32. The minimum Gasteiger partial charge on any atom is -0.266 e. The largest absolute Gasteiger partial charge is 0.289 e. The van der Waals surface area contributed by atoms with Gasteiger partial charge in [0.05, 0.1) is 24.0 Å². The molecule has 0 saturated heterocycles. The van der Waals surface area contributed by atoms with Crippen molar-refractivity contribution >= 4 is 29.4 Å². The number of nitriles is 1. The lowest BCUT2D eigenvalue weighted by Crippen LogP contribution is -2.22. The van der Waals surface area contributed by atoms with E-state index in [2.05, 4.69) is 10.2 Å². The first-order chi connectivity index (χ1) is 13.3. The van der Waals surface area contributed by atoms with Gasteiger partial charge in [-0.2, -0.15) is 15.5 Å². The molecule has 28 heavy (non-hydrogen) atoms. The van der Waals surface area contributed by atoms with E-state index < -0.39 is 5.56 Å². The first-order valence-electron chi connectivity index (χ1n) is 8.47. The Kier molecular flexibility index (Phi) is 5.68. The van der Waals surface area contributed by atoms with E-state index in [1.807, 2.05) is 37.3 Å². The number of pyridine rings is 1. The van der Waals surface area contributed by atoms with E-state index in [1.165, 1.54) is 10.9 Å². The summed E-state index contributed by atoms with van der Waals surface area (Å²) in [5.74, 6) is 0. The molecule has 3 aromatic rings. The number of hydrogen-bond donors (Lipinski definition) is 0. The number of halogens is 2. The summed E-state index contributed by atoms with van der Waals surface area (Å²) in [4.78, 5) is 12.5. The summed E-state index contributed by atoms with van der Waals surface area (Å²) in [6, 6.07) is 11.1. The van der Waals surface area contributed by atoms with Gasteiger partial charge in [-0.3, -0.25) is 4.79 Å². The van der Waals surface area contributed by atoms with Crippen molar-refractivity contribution in [2.75, 3.05) is 0 Å². The van der Waals surface area contributed by atoms with Crippen LogP contribution in [0.3, 0.4) is 0 Å². The lowest BCUT2D eigenvalue weighted by molar-refractivity contribution is 0.680. The predicted octanol–water partition coefficient (Wildman–Crippen LogP) is 4.08. The molecule has 0 bridgehead atoms. The van der Waals surface area contributed by atoms with Gasteiger partial charge < -0.3 is 0 Å². The van der Waals surface area contributed by atoms with E-state index in [0.29, 0.717) is 39.2 Å². The summed E-state index contributed by atoms with van der Waals surface area (Å²) >= 11 is 12.7. The minimum absolute atomic E-state index is 0.0694. The summed E-state index contributed by atoms with van der Waals surface area (Å²) < 4.78 is 2.82. The highest BCUT2D eigenvalue weighted by Gasteiger charge is 2.14. The molecule has 3 rings (SSSR count). The van der Waals surface area contributed by atoms with Gasteiger partial charge in [0.2, 0.25) is 0 Å².